The minimum atomic E-state index is -0.156. The van der Waals surface area contributed by atoms with Gasteiger partial charge in [0.05, 0.1) is 20.9 Å². The van der Waals surface area contributed by atoms with Crippen molar-refractivity contribution in [1.29, 1.82) is 0 Å². The summed E-state index contributed by atoms with van der Waals surface area (Å²) in [7, 11) is 5.86. The van der Waals surface area contributed by atoms with Gasteiger partial charge in [0, 0.05) is 40.3 Å². The molecule has 0 atom stereocenters. The van der Waals surface area contributed by atoms with E-state index in [2.05, 4.69) is 87.7 Å². The molecule has 0 radical (unpaired) electrons. The van der Waals surface area contributed by atoms with Gasteiger partial charge in [0.1, 0.15) is 5.82 Å². The largest absolute Gasteiger partial charge is 0.351 e. The highest BCUT2D eigenvalue weighted by Crippen LogP contribution is 2.43. The first-order chi connectivity index (χ1) is 19.5. The molecule has 1 saturated carbocycles. The van der Waals surface area contributed by atoms with Crippen LogP contribution in [0.1, 0.15) is 119 Å². The molecule has 1 N–H and O–H groups in total. The maximum atomic E-state index is 5.96. The zero-order valence-corrected chi connectivity index (χ0v) is 28.8. The SMILES string of the molecule is CON1C(C)(C)CC(N(C)CN(c2nc(C)nc(NC3CCCCC3)n2)C2CC(C)(C)N(OC)C(C)(C)C2)CC1(C)C. The Balaban J connectivity index is 1.68. The maximum absolute atomic E-state index is 5.96. The smallest absolute Gasteiger partial charge is 0.231 e. The van der Waals surface area contributed by atoms with Gasteiger partial charge in [0.25, 0.3) is 0 Å². The molecular formula is C32H60N8O2. The molecule has 1 aliphatic carbocycles. The minimum Gasteiger partial charge on any atom is -0.351 e. The number of rotatable bonds is 9. The Morgan fingerprint density at radius 3 is 1.69 bits per heavy atom. The Kier molecular flexibility index (Phi) is 9.85. The first-order valence-corrected chi connectivity index (χ1v) is 16.1. The van der Waals surface area contributed by atoms with Gasteiger partial charge in [-0.3, -0.25) is 4.90 Å². The van der Waals surface area contributed by atoms with E-state index in [9.17, 15) is 0 Å². The van der Waals surface area contributed by atoms with Crippen molar-refractivity contribution in [2.24, 2.45) is 0 Å². The lowest BCUT2D eigenvalue weighted by molar-refractivity contribution is -0.272. The Hall–Kier alpha value is -1.59. The van der Waals surface area contributed by atoms with Crippen molar-refractivity contribution >= 4 is 11.9 Å². The van der Waals surface area contributed by atoms with Crippen molar-refractivity contribution in [2.75, 3.05) is 38.2 Å². The molecule has 2 saturated heterocycles. The number of aromatic nitrogens is 3. The van der Waals surface area contributed by atoms with E-state index >= 15 is 0 Å². The highest BCUT2D eigenvalue weighted by molar-refractivity contribution is 5.39. The van der Waals surface area contributed by atoms with Gasteiger partial charge in [-0.25, -0.2) is 0 Å². The summed E-state index contributed by atoms with van der Waals surface area (Å²) >= 11 is 0. The highest BCUT2D eigenvalue weighted by atomic mass is 16.7. The molecule has 2 aliphatic heterocycles. The van der Waals surface area contributed by atoms with Crippen molar-refractivity contribution < 1.29 is 9.68 Å². The lowest BCUT2D eigenvalue weighted by Crippen LogP contribution is -2.66. The fraction of sp³-hybridized carbons (Fsp3) is 0.906. The number of hydrogen-bond acceptors (Lipinski definition) is 10. The topological polar surface area (TPSA) is 82.1 Å². The molecule has 10 nitrogen and oxygen atoms in total. The van der Waals surface area contributed by atoms with Gasteiger partial charge in [-0.05, 0) is 108 Å². The second-order valence-electron chi connectivity index (χ2n) is 15.7. The summed E-state index contributed by atoms with van der Waals surface area (Å²) in [6, 6.07) is 1.04. The minimum absolute atomic E-state index is 0.0884. The molecule has 3 fully saturated rings. The van der Waals surface area contributed by atoms with Crippen molar-refractivity contribution in [3.05, 3.63) is 5.82 Å². The normalized spacial score (nSPS) is 25.5. The summed E-state index contributed by atoms with van der Waals surface area (Å²) in [5, 5.41) is 8.03. The summed E-state index contributed by atoms with van der Waals surface area (Å²) in [5.74, 6) is 2.23. The zero-order valence-electron chi connectivity index (χ0n) is 28.8. The number of piperidine rings is 2. The number of nitrogens with one attached hydrogen (secondary N) is 1. The lowest BCUT2D eigenvalue weighted by Gasteiger charge is -2.57. The average Bonchev–Trinajstić information content (AvgIpc) is 2.85. The van der Waals surface area contributed by atoms with Crippen LogP contribution in [0.5, 0.6) is 0 Å². The fourth-order valence-corrected chi connectivity index (χ4v) is 8.73. The summed E-state index contributed by atoms with van der Waals surface area (Å²) in [6.07, 6.45) is 10.1. The van der Waals surface area contributed by atoms with Crippen LogP contribution >= 0.6 is 0 Å². The Labute approximate surface area is 255 Å². The number of aryl methyl sites for hydroxylation is 1. The molecule has 4 rings (SSSR count). The summed E-state index contributed by atoms with van der Waals surface area (Å²) in [5.41, 5.74) is -0.488. The molecule has 0 bridgehead atoms. The second kappa shape index (κ2) is 12.4. The number of nitrogens with zero attached hydrogens (tertiary/aromatic N) is 7. The van der Waals surface area contributed by atoms with Crippen molar-refractivity contribution in [1.82, 2.24) is 30.0 Å². The molecule has 0 spiro atoms. The second-order valence-corrected chi connectivity index (χ2v) is 15.7. The van der Waals surface area contributed by atoms with Crippen LogP contribution in [-0.4, -0.2) is 98.2 Å². The Bertz CT molecular complexity index is 1020. The van der Waals surface area contributed by atoms with Crippen LogP contribution in [0.3, 0.4) is 0 Å². The van der Waals surface area contributed by atoms with Crippen molar-refractivity contribution in [3.8, 4) is 0 Å². The first kappa shape index (κ1) is 33.3. The van der Waals surface area contributed by atoms with Crippen LogP contribution < -0.4 is 10.2 Å². The van der Waals surface area contributed by atoms with E-state index in [-0.39, 0.29) is 28.2 Å². The van der Waals surface area contributed by atoms with Gasteiger partial charge in [-0.1, -0.05) is 19.3 Å². The number of anilines is 2. The lowest BCUT2D eigenvalue weighted by atomic mass is 9.78. The third-order valence-corrected chi connectivity index (χ3v) is 9.88. The molecule has 3 aliphatic rings. The third-order valence-electron chi connectivity index (χ3n) is 9.88. The van der Waals surface area contributed by atoms with Crippen LogP contribution in [-0.2, 0) is 9.68 Å². The van der Waals surface area contributed by atoms with E-state index in [1.165, 1.54) is 32.1 Å². The standard InChI is InChI=1S/C32H60N8O2/c1-23-33-27(35-24-16-14-13-15-17-24)36-28(34-23)38(26-20-31(6,7)40(42-12)32(8,9)21-26)22-37(10)25-18-29(2,3)39(41-11)30(4,5)19-25/h24-26H,13-22H2,1-12H3,(H,33,34,35,36). The molecule has 0 aromatic carbocycles. The van der Waals surface area contributed by atoms with Crippen LogP contribution in [0.4, 0.5) is 11.9 Å². The summed E-state index contributed by atoms with van der Waals surface area (Å²) < 4.78 is 0. The number of hydroxylamine groups is 4. The predicted molar refractivity (Wildman–Crippen MR) is 170 cm³/mol. The highest BCUT2D eigenvalue weighted by Gasteiger charge is 2.50. The van der Waals surface area contributed by atoms with E-state index in [1.54, 1.807) is 14.2 Å². The van der Waals surface area contributed by atoms with E-state index in [4.69, 9.17) is 24.6 Å². The monoisotopic (exact) mass is 588 g/mol. The van der Waals surface area contributed by atoms with Crippen LogP contribution in [0.25, 0.3) is 0 Å². The Morgan fingerprint density at radius 1 is 0.738 bits per heavy atom. The van der Waals surface area contributed by atoms with Gasteiger partial charge in [-0.2, -0.15) is 25.1 Å². The third kappa shape index (κ3) is 7.20. The van der Waals surface area contributed by atoms with Gasteiger partial charge in [0.15, 0.2) is 0 Å². The van der Waals surface area contributed by atoms with E-state index in [1.807, 2.05) is 6.92 Å². The van der Waals surface area contributed by atoms with E-state index in [0.717, 1.165) is 44.1 Å². The van der Waals surface area contributed by atoms with Gasteiger partial charge in [-0.15, -0.1) is 0 Å². The molecule has 1 aromatic heterocycles. The predicted octanol–water partition coefficient (Wildman–Crippen LogP) is 5.79. The van der Waals surface area contributed by atoms with Crippen LogP contribution in [0, 0.1) is 6.92 Å². The zero-order chi connectivity index (χ0) is 31.1. The molecule has 0 unspecified atom stereocenters. The summed E-state index contributed by atoms with van der Waals surface area (Å²) in [6.45, 7) is 21.0. The maximum Gasteiger partial charge on any atom is 0.231 e. The van der Waals surface area contributed by atoms with Gasteiger partial charge < -0.3 is 19.9 Å². The molecule has 240 valence electrons. The molecule has 10 heteroatoms. The van der Waals surface area contributed by atoms with Crippen molar-refractivity contribution in [2.45, 2.75) is 160 Å². The molecule has 0 amide bonds. The first-order valence-electron chi connectivity index (χ1n) is 16.1. The quantitative estimate of drug-likeness (QED) is 0.358. The van der Waals surface area contributed by atoms with Crippen molar-refractivity contribution in [3.63, 3.8) is 0 Å². The molecular weight excluding hydrogens is 528 g/mol. The van der Waals surface area contributed by atoms with Gasteiger partial charge in [0.2, 0.25) is 11.9 Å². The van der Waals surface area contributed by atoms with E-state index in [0.29, 0.717) is 18.0 Å². The molecule has 1 aromatic rings. The van der Waals surface area contributed by atoms with Crippen LogP contribution in [0.15, 0.2) is 0 Å². The molecule has 3 heterocycles. The summed E-state index contributed by atoms with van der Waals surface area (Å²) in [4.78, 5) is 31.7. The van der Waals surface area contributed by atoms with E-state index < -0.39 is 0 Å². The fourth-order valence-electron chi connectivity index (χ4n) is 8.73. The van der Waals surface area contributed by atoms with Crippen LogP contribution in [0.2, 0.25) is 0 Å². The Morgan fingerprint density at radius 2 is 1.21 bits per heavy atom. The van der Waals surface area contributed by atoms with Gasteiger partial charge >= 0.3 is 0 Å². The average molecular weight is 589 g/mol. The number of hydrogen-bond donors (Lipinski definition) is 1. The molecule has 42 heavy (non-hydrogen) atoms.